The average molecular weight is 319 g/mol. The van der Waals surface area contributed by atoms with E-state index in [0.717, 1.165) is 28.5 Å². The predicted molar refractivity (Wildman–Crippen MR) is 99.4 cm³/mol. The second kappa shape index (κ2) is 6.47. The molecule has 3 heteroatoms. The molecule has 1 heterocycles. The molecule has 0 saturated carbocycles. The summed E-state index contributed by atoms with van der Waals surface area (Å²) in [5.74, 6) is 3.15. The van der Waals surface area contributed by atoms with Crippen molar-refractivity contribution < 1.29 is 4.74 Å². The predicted octanol–water partition coefficient (Wildman–Crippen LogP) is 5.08. The highest BCUT2D eigenvalue weighted by molar-refractivity contribution is 8.00. The SMILES string of the molecule is C(=Nc1ccc2ccccc2c1)c1ccc(OC2CSC2)cc1. The number of nitrogens with zero attached hydrogens (tertiary/aromatic N) is 1. The molecule has 3 aromatic rings. The van der Waals surface area contributed by atoms with Crippen molar-refractivity contribution in [3.8, 4) is 5.75 Å². The number of hydrogen-bond donors (Lipinski definition) is 0. The maximum Gasteiger partial charge on any atom is 0.119 e. The summed E-state index contributed by atoms with van der Waals surface area (Å²) in [6.07, 6.45) is 2.28. The quantitative estimate of drug-likeness (QED) is 0.625. The Morgan fingerprint density at radius 1 is 0.913 bits per heavy atom. The van der Waals surface area contributed by atoms with Gasteiger partial charge in [0.15, 0.2) is 0 Å². The molecule has 0 N–H and O–H groups in total. The molecule has 2 nitrogen and oxygen atoms in total. The molecule has 1 aliphatic rings. The van der Waals surface area contributed by atoms with Crippen LogP contribution in [0.4, 0.5) is 5.69 Å². The number of fused-ring (bicyclic) bond motifs is 1. The number of aliphatic imine (C=N–C) groups is 1. The van der Waals surface area contributed by atoms with Crippen LogP contribution in [0.1, 0.15) is 5.56 Å². The minimum absolute atomic E-state index is 0.386. The number of thioether (sulfide) groups is 1. The number of rotatable bonds is 4. The molecule has 1 fully saturated rings. The van der Waals surface area contributed by atoms with Gasteiger partial charge in [-0.3, -0.25) is 4.99 Å². The molecular formula is C20H17NOS. The van der Waals surface area contributed by atoms with E-state index in [1.165, 1.54) is 10.8 Å². The zero-order chi connectivity index (χ0) is 15.5. The van der Waals surface area contributed by atoms with Crippen molar-refractivity contribution in [3.05, 3.63) is 72.3 Å². The van der Waals surface area contributed by atoms with Crippen LogP contribution in [-0.2, 0) is 0 Å². The highest BCUT2D eigenvalue weighted by Crippen LogP contribution is 2.24. The van der Waals surface area contributed by atoms with Crippen LogP contribution in [0.15, 0.2) is 71.7 Å². The van der Waals surface area contributed by atoms with Gasteiger partial charge >= 0.3 is 0 Å². The van der Waals surface area contributed by atoms with Gasteiger partial charge in [-0.15, -0.1) is 0 Å². The maximum atomic E-state index is 5.85. The molecule has 0 radical (unpaired) electrons. The monoisotopic (exact) mass is 319 g/mol. The first kappa shape index (κ1) is 14.3. The lowest BCUT2D eigenvalue weighted by atomic mass is 10.1. The first-order valence-electron chi connectivity index (χ1n) is 7.74. The highest BCUT2D eigenvalue weighted by Gasteiger charge is 2.19. The van der Waals surface area contributed by atoms with Gasteiger partial charge in [0.05, 0.1) is 5.69 Å². The van der Waals surface area contributed by atoms with Crippen molar-refractivity contribution in [3.63, 3.8) is 0 Å². The van der Waals surface area contributed by atoms with Crippen molar-refractivity contribution >= 4 is 34.4 Å². The van der Waals surface area contributed by atoms with Gasteiger partial charge in [-0.05, 0) is 52.7 Å². The molecule has 0 unspecified atom stereocenters. The van der Waals surface area contributed by atoms with Gasteiger partial charge in [0, 0.05) is 17.7 Å². The Kier molecular flexibility index (Phi) is 4.03. The minimum Gasteiger partial charge on any atom is -0.489 e. The summed E-state index contributed by atoms with van der Waals surface area (Å²) in [5, 5.41) is 2.45. The maximum absolute atomic E-state index is 5.85. The topological polar surface area (TPSA) is 21.6 Å². The fourth-order valence-corrected chi connectivity index (χ4v) is 3.08. The fourth-order valence-electron chi connectivity index (χ4n) is 2.51. The van der Waals surface area contributed by atoms with Crippen molar-refractivity contribution in [1.29, 1.82) is 0 Å². The normalized spacial score (nSPS) is 15.0. The summed E-state index contributed by atoms with van der Waals surface area (Å²) in [6, 6.07) is 22.7. The summed E-state index contributed by atoms with van der Waals surface area (Å²) >= 11 is 1.93. The Bertz CT molecular complexity index is 838. The summed E-state index contributed by atoms with van der Waals surface area (Å²) < 4.78 is 5.85. The molecule has 23 heavy (non-hydrogen) atoms. The highest BCUT2D eigenvalue weighted by atomic mass is 32.2. The Morgan fingerprint density at radius 3 is 2.43 bits per heavy atom. The van der Waals surface area contributed by atoms with Crippen LogP contribution in [0.25, 0.3) is 10.8 Å². The Balaban J connectivity index is 1.48. The molecule has 0 aromatic heterocycles. The number of hydrogen-bond acceptors (Lipinski definition) is 3. The first-order chi connectivity index (χ1) is 11.4. The van der Waals surface area contributed by atoms with Crippen LogP contribution in [0.5, 0.6) is 5.75 Å². The van der Waals surface area contributed by atoms with E-state index in [2.05, 4.69) is 41.4 Å². The summed E-state index contributed by atoms with van der Waals surface area (Å²) in [7, 11) is 0. The third kappa shape index (κ3) is 3.40. The van der Waals surface area contributed by atoms with E-state index in [9.17, 15) is 0 Å². The van der Waals surface area contributed by atoms with E-state index in [4.69, 9.17) is 4.74 Å². The molecule has 114 valence electrons. The third-order valence-corrected chi connectivity index (χ3v) is 5.10. The standard InChI is InChI=1S/C20H17NOS/c1-2-4-17-11-18(8-7-16(17)3-1)21-12-15-5-9-19(10-6-15)22-20-13-23-14-20/h1-12,20H,13-14H2. The lowest BCUT2D eigenvalue weighted by Gasteiger charge is -2.25. The Hall–Kier alpha value is -2.26. The molecule has 4 rings (SSSR count). The average Bonchev–Trinajstić information content (AvgIpc) is 2.57. The summed E-state index contributed by atoms with van der Waals surface area (Å²) in [4.78, 5) is 4.58. The number of benzene rings is 3. The van der Waals surface area contributed by atoms with E-state index < -0.39 is 0 Å². The van der Waals surface area contributed by atoms with Crippen molar-refractivity contribution in [2.45, 2.75) is 6.10 Å². The second-order valence-corrected chi connectivity index (χ2v) is 6.71. The van der Waals surface area contributed by atoms with Gasteiger partial charge in [-0.1, -0.05) is 30.3 Å². The summed E-state index contributed by atoms with van der Waals surface area (Å²) in [6.45, 7) is 0. The Labute approximate surface area is 140 Å². The van der Waals surface area contributed by atoms with Crippen LogP contribution in [0.3, 0.4) is 0 Å². The molecule has 3 aromatic carbocycles. The largest absolute Gasteiger partial charge is 0.489 e. The van der Waals surface area contributed by atoms with Crippen molar-refractivity contribution in [1.82, 2.24) is 0 Å². The lowest BCUT2D eigenvalue weighted by molar-refractivity contribution is 0.240. The van der Waals surface area contributed by atoms with Crippen molar-refractivity contribution in [2.24, 2.45) is 4.99 Å². The van der Waals surface area contributed by atoms with Gasteiger partial charge in [0.2, 0.25) is 0 Å². The molecule has 1 saturated heterocycles. The van der Waals surface area contributed by atoms with Gasteiger partial charge in [0.1, 0.15) is 11.9 Å². The van der Waals surface area contributed by atoms with E-state index in [-0.39, 0.29) is 0 Å². The molecule has 0 aliphatic carbocycles. The molecular weight excluding hydrogens is 302 g/mol. The van der Waals surface area contributed by atoms with E-state index >= 15 is 0 Å². The van der Waals surface area contributed by atoms with Crippen LogP contribution in [-0.4, -0.2) is 23.8 Å². The number of ether oxygens (including phenoxy) is 1. The van der Waals surface area contributed by atoms with Crippen LogP contribution in [0.2, 0.25) is 0 Å². The summed E-state index contributed by atoms with van der Waals surface area (Å²) in [5.41, 5.74) is 2.05. The zero-order valence-electron chi connectivity index (χ0n) is 12.7. The van der Waals surface area contributed by atoms with Crippen molar-refractivity contribution in [2.75, 3.05) is 11.5 Å². The van der Waals surface area contributed by atoms with Crippen LogP contribution in [0, 0.1) is 0 Å². The smallest absolute Gasteiger partial charge is 0.119 e. The lowest BCUT2D eigenvalue weighted by Crippen LogP contribution is -2.30. The van der Waals surface area contributed by atoms with Crippen LogP contribution < -0.4 is 4.74 Å². The van der Waals surface area contributed by atoms with Gasteiger partial charge in [-0.2, -0.15) is 11.8 Å². The van der Waals surface area contributed by atoms with Gasteiger partial charge in [0.25, 0.3) is 0 Å². The van der Waals surface area contributed by atoms with E-state index in [0.29, 0.717) is 6.10 Å². The first-order valence-corrected chi connectivity index (χ1v) is 8.90. The van der Waals surface area contributed by atoms with Gasteiger partial charge < -0.3 is 4.74 Å². The van der Waals surface area contributed by atoms with E-state index in [1.807, 2.05) is 48.3 Å². The Morgan fingerprint density at radius 2 is 1.70 bits per heavy atom. The minimum atomic E-state index is 0.386. The van der Waals surface area contributed by atoms with Crippen LogP contribution >= 0.6 is 11.8 Å². The fraction of sp³-hybridized carbons (Fsp3) is 0.150. The molecule has 0 atom stereocenters. The van der Waals surface area contributed by atoms with Gasteiger partial charge in [-0.25, -0.2) is 0 Å². The van der Waals surface area contributed by atoms with E-state index in [1.54, 1.807) is 0 Å². The molecule has 0 bridgehead atoms. The molecule has 1 aliphatic heterocycles. The third-order valence-electron chi connectivity index (χ3n) is 3.89. The second-order valence-electron chi connectivity index (χ2n) is 5.64. The molecule has 0 spiro atoms. The molecule has 0 amide bonds. The zero-order valence-corrected chi connectivity index (χ0v) is 13.5.